The molecule has 1 unspecified atom stereocenters. The molecule has 0 aliphatic rings. The Morgan fingerprint density at radius 1 is 1.24 bits per heavy atom. The summed E-state index contributed by atoms with van der Waals surface area (Å²) in [5.41, 5.74) is 0.239. The van der Waals surface area contributed by atoms with Gasteiger partial charge in [0.1, 0.15) is 11.6 Å². The SMILES string of the molecule is CC(C)CSCC(O)Cc1cc(F)ccc1F. The van der Waals surface area contributed by atoms with E-state index >= 15 is 0 Å². The Morgan fingerprint density at radius 2 is 1.94 bits per heavy atom. The third kappa shape index (κ3) is 5.50. The van der Waals surface area contributed by atoms with Gasteiger partial charge < -0.3 is 5.11 Å². The molecule has 1 atom stereocenters. The minimum absolute atomic E-state index is 0.161. The number of hydrogen-bond acceptors (Lipinski definition) is 2. The first-order valence-corrected chi connectivity index (χ1v) is 6.84. The van der Waals surface area contributed by atoms with Gasteiger partial charge in [0.15, 0.2) is 0 Å². The van der Waals surface area contributed by atoms with E-state index in [-0.39, 0.29) is 12.0 Å². The maximum Gasteiger partial charge on any atom is 0.126 e. The number of halogens is 2. The summed E-state index contributed by atoms with van der Waals surface area (Å²) in [6, 6.07) is 3.32. The number of aliphatic hydroxyl groups excluding tert-OH is 1. The summed E-state index contributed by atoms with van der Waals surface area (Å²) in [7, 11) is 0. The molecule has 96 valence electrons. The molecule has 0 radical (unpaired) electrons. The van der Waals surface area contributed by atoms with E-state index in [1.165, 1.54) is 0 Å². The van der Waals surface area contributed by atoms with E-state index in [1.54, 1.807) is 11.8 Å². The van der Waals surface area contributed by atoms with Crippen molar-refractivity contribution in [2.45, 2.75) is 26.4 Å². The predicted molar refractivity (Wildman–Crippen MR) is 68.2 cm³/mol. The standard InChI is InChI=1S/C13H18F2OS/c1-9(2)7-17-8-12(16)6-10-5-11(14)3-4-13(10)15/h3-5,9,12,16H,6-8H2,1-2H3. The molecule has 0 amide bonds. The Labute approximate surface area is 105 Å². The molecule has 17 heavy (non-hydrogen) atoms. The van der Waals surface area contributed by atoms with Crippen LogP contribution in [0.15, 0.2) is 18.2 Å². The summed E-state index contributed by atoms with van der Waals surface area (Å²) in [6.45, 7) is 4.21. The first-order chi connectivity index (χ1) is 7.99. The molecule has 1 aromatic rings. The van der Waals surface area contributed by atoms with Crippen LogP contribution in [-0.4, -0.2) is 22.7 Å². The third-order valence-electron chi connectivity index (χ3n) is 2.22. The fourth-order valence-electron chi connectivity index (χ4n) is 1.45. The van der Waals surface area contributed by atoms with Gasteiger partial charge in [0.25, 0.3) is 0 Å². The molecule has 0 heterocycles. The van der Waals surface area contributed by atoms with Crippen LogP contribution in [0.25, 0.3) is 0 Å². The number of benzene rings is 1. The molecule has 1 nitrogen and oxygen atoms in total. The normalized spacial score (nSPS) is 13.1. The van der Waals surface area contributed by atoms with Crippen LogP contribution < -0.4 is 0 Å². The largest absolute Gasteiger partial charge is 0.392 e. The second kappa shape index (κ2) is 6.97. The van der Waals surface area contributed by atoms with Gasteiger partial charge in [-0.1, -0.05) is 13.8 Å². The van der Waals surface area contributed by atoms with Gasteiger partial charge >= 0.3 is 0 Å². The van der Waals surface area contributed by atoms with Crippen molar-refractivity contribution in [2.75, 3.05) is 11.5 Å². The van der Waals surface area contributed by atoms with Gasteiger partial charge in [-0.15, -0.1) is 0 Å². The fourth-order valence-corrected chi connectivity index (χ4v) is 2.45. The third-order valence-corrected chi connectivity index (χ3v) is 3.75. The lowest BCUT2D eigenvalue weighted by atomic mass is 10.1. The van der Waals surface area contributed by atoms with Crippen molar-refractivity contribution in [2.24, 2.45) is 5.92 Å². The van der Waals surface area contributed by atoms with Crippen molar-refractivity contribution in [3.05, 3.63) is 35.4 Å². The van der Waals surface area contributed by atoms with Crippen molar-refractivity contribution < 1.29 is 13.9 Å². The Kier molecular flexibility index (Phi) is 5.92. The van der Waals surface area contributed by atoms with Crippen LogP contribution in [0.3, 0.4) is 0 Å². The molecule has 0 aliphatic carbocycles. The summed E-state index contributed by atoms with van der Waals surface area (Å²) in [5, 5.41) is 9.72. The highest BCUT2D eigenvalue weighted by Gasteiger charge is 2.11. The van der Waals surface area contributed by atoms with Crippen molar-refractivity contribution in [1.29, 1.82) is 0 Å². The maximum absolute atomic E-state index is 13.3. The van der Waals surface area contributed by atoms with Gasteiger partial charge in [0.2, 0.25) is 0 Å². The smallest absolute Gasteiger partial charge is 0.126 e. The average Bonchev–Trinajstić information content (AvgIpc) is 2.23. The molecule has 1 rings (SSSR count). The van der Waals surface area contributed by atoms with Crippen LogP contribution >= 0.6 is 11.8 Å². The number of rotatable bonds is 6. The average molecular weight is 260 g/mol. The molecule has 0 aliphatic heterocycles. The second-order valence-electron chi connectivity index (χ2n) is 4.52. The molecular weight excluding hydrogens is 242 g/mol. The van der Waals surface area contributed by atoms with E-state index in [2.05, 4.69) is 13.8 Å². The number of aliphatic hydroxyl groups is 1. The van der Waals surface area contributed by atoms with Crippen molar-refractivity contribution >= 4 is 11.8 Å². The highest BCUT2D eigenvalue weighted by Crippen LogP contribution is 2.15. The van der Waals surface area contributed by atoms with Crippen molar-refractivity contribution in [1.82, 2.24) is 0 Å². The van der Waals surface area contributed by atoms with E-state index in [1.807, 2.05) is 0 Å². The van der Waals surface area contributed by atoms with E-state index in [9.17, 15) is 13.9 Å². The Hall–Kier alpha value is -0.610. The van der Waals surface area contributed by atoms with Crippen LogP contribution in [0, 0.1) is 17.6 Å². The van der Waals surface area contributed by atoms with Crippen LogP contribution in [0.4, 0.5) is 8.78 Å². The van der Waals surface area contributed by atoms with E-state index < -0.39 is 17.7 Å². The summed E-state index contributed by atoms with van der Waals surface area (Å²) in [4.78, 5) is 0. The summed E-state index contributed by atoms with van der Waals surface area (Å²) >= 11 is 1.63. The van der Waals surface area contributed by atoms with Crippen LogP contribution in [-0.2, 0) is 6.42 Å². The Morgan fingerprint density at radius 3 is 2.59 bits per heavy atom. The van der Waals surface area contributed by atoms with Crippen LogP contribution in [0.1, 0.15) is 19.4 Å². The van der Waals surface area contributed by atoms with E-state index in [0.29, 0.717) is 11.7 Å². The van der Waals surface area contributed by atoms with Gasteiger partial charge in [-0.2, -0.15) is 11.8 Å². The summed E-state index contributed by atoms with van der Waals surface area (Å²) < 4.78 is 26.2. The molecular formula is C13H18F2OS. The second-order valence-corrected chi connectivity index (χ2v) is 5.60. The van der Waals surface area contributed by atoms with Gasteiger partial charge in [0.05, 0.1) is 6.10 Å². The molecule has 0 aromatic heterocycles. The molecule has 0 bridgehead atoms. The van der Waals surface area contributed by atoms with Crippen molar-refractivity contribution in [3.8, 4) is 0 Å². The quantitative estimate of drug-likeness (QED) is 0.847. The highest BCUT2D eigenvalue weighted by atomic mass is 32.2. The molecule has 1 aromatic carbocycles. The highest BCUT2D eigenvalue weighted by molar-refractivity contribution is 7.99. The van der Waals surface area contributed by atoms with Gasteiger partial charge in [-0.25, -0.2) is 8.78 Å². The van der Waals surface area contributed by atoms with Gasteiger partial charge in [-0.05, 0) is 35.4 Å². The summed E-state index contributed by atoms with van der Waals surface area (Å²) in [5.74, 6) is 1.15. The first-order valence-electron chi connectivity index (χ1n) is 5.68. The first kappa shape index (κ1) is 14.5. The Bertz CT molecular complexity index is 355. The molecule has 0 fully saturated rings. The molecule has 4 heteroatoms. The zero-order valence-electron chi connectivity index (χ0n) is 10.1. The molecule has 1 N–H and O–H groups in total. The molecule has 0 saturated heterocycles. The zero-order chi connectivity index (χ0) is 12.8. The maximum atomic E-state index is 13.3. The zero-order valence-corrected chi connectivity index (χ0v) is 10.9. The lowest BCUT2D eigenvalue weighted by molar-refractivity contribution is 0.198. The van der Waals surface area contributed by atoms with E-state index in [4.69, 9.17) is 0 Å². The predicted octanol–water partition coefficient (Wildman–Crippen LogP) is 3.26. The fraction of sp³-hybridized carbons (Fsp3) is 0.538. The van der Waals surface area contributed by atoms with E-state index in [0.717, 1.165) is 24.0 Å². The topological polar surface area (TPSA) is 20.2 Å². The lowest BCUT2D eigenvalue weighted by Crippen LogP contribution is -2.15. The number of hydrogen-bond donors (Lipinski definition) is 1. The number of thioether (sulfide) groups is 1. The van der Waals surface area contributed by atoms with Crippen molar-refractivity contribution in [3.63, 3.8) is 0 Å². The molecule has 0 spiro atoms. The minimum atomic E-state index is -0.630. The summed E-state index contributed by atoms with van der Waals surface area (Å²) in [6.07, 6.45) is -0.468. The monoisotopic (exact) mass is 260 g/mol. The lowest BCUT2D eigenvalue weighted by Gasteiger charge is -2.12. The van der Waals surface area contributed by atoms with Crippen LogP contribution in [0.2, 0.25) is 0 Å². The van der Waals surface area contributed by atoms with Crippen LogP contribution in [0.5, 0.6) is 0 Å². The molecule has 0 saturated carbocycles. The Balaban J connectivity index is 2.44. The van der Waals surface area contributed by atoms with Gasteiger partial charge in [0, 0.05) is 12.2 Å². The minimum Gasteiger partial charge on any atom is -0.392 e. The van der Waals surface area contributed by atoms with Gasteiger partial charge in [-0.3, -0.25) is 0 Å².